The minimum absolute atomic E-state index is 0.0508. The van der Waals surface area contributed by atoms with E-state index in [1.807, 2.05) is 48.5 Å². The summed E-state index contributed by atoms with van der Waals surface area (Å²) in [6, 6.07) is 34.2. The number of rotatable bonds is 7. The van der Waals surface area contributed by atoms with E-state index >= 15 is 0 Å². The molecular weight excluding hydrogens is 356 g/mol. The Labute approximate surface area is 171 Å². The van der Waals surface area contributed by atoms with Crippen LogP contribution in [0, 0.1) is 0 Å². The average Bonchev–Trinajstić information content (AvgIpc) is 2.79. The summed E-state index contributed by atoms with van der Waals surface area (Å²) < 4.78 is 0. The van der Waals surface area contributed by atoms with Gasteiger partial charge in [0, 0.05) is 17.8 Å². The number of amides is 1. The molecule has 0 heterocycles. The van der Waals surface area contributed by atoms with E-state index in [1.54, 1.807) is 0 Å². The molecule has 1 atom stereocenters. The first-order valence-electron chi connectivity index (χ1n) is 9.93. The summed E-state index contributed by atoms with van der Waals surface area (Å²) in [4.78, 5) is 12.7. The maximum Gasteiger partial charge on any atom is 0.251 e. The molecule has 4 rings (SSSR count). The first-order valence-corrected chi connectivity index (χ1v) is 9.93. The first kappa shape index (κ1) is 18.8. The topological polar surface area (TPSA) is 41.1 Å². The van der Waals surface area contributed by atoms with Gasteiger partial charge in [-0.25, -0.2) is 0 Å². The second-order valence-corrected chi connectivity index (χ2v) is 7.08. The van der Waals surface area contributed by atoms with Crippen LogP contribution in [0.5, 0.6) is 0 Å². The van der Waals surface area contributed by atoms with Crippen molar-refractivity contribution < 1.29 is 4.79 Å². The average molecular weight is 380 g/mol. The standard InChI is InChI=1S/C26H24N2O/c29-26(22-12-5-2-6-13-22)28-25(21-10-3-1-4-11-21)17-18-27-24-16-15-20-9-7-8-14-23(20)19-24/h1-16,19,25,27H,17-18H2,(H,28,29). The normalized spacial score (nSPS) is 11.7. The Kier molecular flexibility index (Phi) is 5.87. The molecule has 144 valence electrons. The molecule has 3 heteroatoms. The molecule has 4 aromatic carbocycles. The fraction of sp³-hybridized carbons (Fsp3) is 0.115. The van der Waals surface area contributed by atoms with Gasteiger partial charge in [0.2, 0.25) is 0 Å². The molecular formula is C26H24N2O. The summed E-state index contributed by atoms with van der Waals surface area (Å²) in [5, 5.41) is 9.13. The Hall–Kier alpha value is -3.59. The highest BCUT2D eigenvalue weighted by Crippen LogP contribution is 2.21. The number of hydrogen-bond donors (Lipinski definition) is 2. The summed E-state index contributed by atoms with van der Waals surface area (Å²) >= 11 is 0. The first-order chi connectivity index (χ1) is 14.3. The van der Waals surface area contributed by atoms with Crippen LogP contribution < -0.4 is 10.6 Å². The van der Waals surface area contributed by atoms with Crippen molar-refractivity contribution in [2.75, 3.05) is 11.9 Å². The monoisotopic (exact) mass is 380 g/mol. The summed E-state index contributed by atoms with van der Waals surface area (Å²) in [5.41, 5.74) is 2.87. The molecule has 0 bridgehead atoms. The van der Waals surface area contributed by atoms with Gasteiger partial charge in [0.05, 0.1) is 6.04 Å². The lowest BCUT2D eigenvalue weighted by atomic mass is 10.0. The Bertz CT molecular complexity index is 1080. The third kappa shape index (κ3) is 4.82. The predicted molar refractivity (Wildman–Crippen MR) is 120 cm³/mol. The molecule has 29 heavy (non-hydrogen) atoms. The van der Waals surface area contributed by atoms with Crippen molar-refractivity contribution in [2.45, 2.75) is 12.5 Å². The summed E-state index contributed by atoms with van der Waals surface area (Å²) in [7, 11) is 0. The molecule has 0 aliphatic heterocycles. The van der Waals surface area contributed by atoms with Crippen molar-refractivity contribution in [3.8, 4) is 0 Å². The summed E-state index contributed by atoms with van der Waals surface area (Å²) in [5.74, 6) is -0.0508. The maximum absolute atomic E-state index is 12.7. The molecule has 0 aliphatic rings. The van der Waals surface area contributed by atoms with Crippen LogP contribution in [0.3, 0.4) is 0 Å². The van der Waals surface area contributed by atoms with E-state index in [0.29, 0.717) is 5.56 Å². The van der Waals surface area contributed by atoms with Crippen molar-refractivity contribution >= 4 is 22.4 Å². The van der Waals surface area contributed by atoms with Gasteiger partial charge in [-0.05, 0) is 47.0 Å². The van der Waals surface area contributed by atoms with Gasteiger partial charge in [-0.15, -0.1) is 0 Å². The maximum atomic E-state index is 12.7. The Morgan fingerprint density at radius 2 is 1.38 bits per heavy atom. The van der Waals surface area contributed by atoms with Crippen molar-refractivity contribution in [1.29, 1.82) is 0 Å². The molecule has 4 aromatic rings. The van der Waals surface area contributed by atoms with Gasteiger partial charge in [-0.2, -0.15) is 0 Å². The second-order valence-electron chi connectivity index (χ2n) is 7.08. The van der Waals surface area contributed by atoms with E-state index in [4.69, 9.17) is 0 Å². The molecule has 1 unspecified atom stereocenters. The zero-order valence-electron chi connectivity index (χ0n) is 16.2. The molecule has 0 saturated heterocycles. The summed E-state index contributed by atoms with van der Waals surface area (Å²) in [6.45, 7) is 0.757. The number of carbonyl (C=O) groups is 1. The number of fused-ring (bicyclic) bond motifs is 1. The quantitative estimate of drug-likeness (QED) is 0.425. The molecule has 0 spiro atoms. The van der Waals surface area contributed by atoms with E-state index in [0.717, 1.165) is 24.2 Å². The molecule has 0 saturated carbocycles. The fourth-order valence-electron chi connectivity index (χ4n) is 3.50. The van der Waals surface area contributed by atoms with Crippen molar-refractivity contribution in [3.63, 3.8) is 0 Å². The Morgan fingerprint density at radius 3 is 2.14 bits per heavy atom. The minimum atomic E-state index is -0.0585. The highest BCUT2D eigenvalue weighted by molar-refractivity contribution is 5.94. The lowest BCUT2D eigenvalue weighted by Crippen LogP contribution is -2.30. The molecule has 3 nitrogen and oxygen atoms in total. The van der Waals surface area contributed by atoms with Gasteiger partial charge >= 0.3 is 0 Å². The van der Waals surface area contributed by atoms with Crippen LogP contribution in [0.15, 0.2) is 103 Å². The molecule has 0 aromatic heterocycles. The van der Waals surface area contributed by atoms with Crippen LogP contribution in [-0.2, 0) is 0 Å². The number of anilines is 1. The Morgan fingerprint density at radius 1 is 0.724 bits per heavy atom. The smallest absolute Gasteiger partial charge is 0.251 e. The molecule has 0 fully saturated rings. The van der Waals surface area contributed by atoms with Gasteiger partial charge < -0.3 is 10.6 Å². The van der Waals surface area contributed by atoms with Crippen LogP contribution in [0.2, 0.25) is 0 Å². The predicted octanol–water partition coefficient (Wildman–Crippen LogP) is 5.81. The fourth-order valence-corrected chi connectivity index (χ4v) is 3.50. The van der Waals surface area contributed by atoms with Crippen LogP contribution in [0.1, 0.15) is 28.4 Å². The van der Waals surface area contributed by atoms with Crippen LogP contribution in [0.4, 0.5) is 5.69 Å². The molecule has 1 amide bonds. The van der Waals surface area contributed by atoms with Gasteiger partial charge in [0.1, 0.15) is 0 Å². The Balaban J connectivity index is 1.44. The van der Waals surface area contributed by atoms with E-state index in [-0.39, 0.29) is 11.9 Å². The molecule has 2 N–H and O–H groups in total. The third-order valence-electron chi connectivity index (χ3n) is 5.05. The van der Waals surface area contributed by atoms with Crippen molar-refractivity contribution in [3.05, 3.63) is 114 Å². The number of hydrogen-bond acceptors (Lipinski definition) is 2. The number of benzene rings is 4. The zero-order valence-corrected chi connectivity index (χ0v) is 16.2. The van der Waals surface area contributed by atoms with Gasteiger partial charge in [-0.3, -0.25) is 4.79 Å². The van der Waals surface area contributed by atoms with E-state index in [1.165, 1.54) is 10.8 Å². The zero-order chi connectivity index (χ0) is 19.9. The minimum Gasteiger partial charge on any atom is -0.385 e. The second kappa shape index (κ2) is 9.07. The van der Waals surface area contributed by atoms with Crippen LogP contribution in [-0.4, -0.2) is 12.5 Å². The highest BCUT2D eigenvalue weighted by atomic mass is 16.1. The van der Waals surface area contributed by atoms with E-state index < -0.39 is 0 Å². The van der Waals surface area contributed by atoms with Crippen molar-refractivity contribution in [1.82, 2.24) is 5.32 Å². The molecule has 0 radical (unpaired) electrons. The van der Waals surface area contributed by atoms with Gasteiger partial charge in [0.15, 0.2) is 0 Å². The van der Waals surface area contributed by atoms with Crippen LogP contribution in [0.25, 0.3) is 10.8 Å². The lowest BCUT2D eigenvalue weighted by molar-refractivity contribution is 0.0935. The van der Waals surface area contributed by atoms with Crippen molar-refractivity contribution in [2.24, 2.45) is 0 Å². The largest absolute Gasteiger partial charge is 0.385 e. The van der Waals surface area contributed by atoms with E-state index in [9.17, 15) is 4.79 Å². The lowest BCUT2D eigenvalue weighted by Gasteiger charge is -2.20. The SMILES string of the molecule is O=C(NC(CCNc1ccc2ccccc2c1)c1ccccc1)c1ccccc1. The summed E-state index contributed by atoms with van der Waals surface area (Å²) in [6.07, 6.45) is 0.787. The van der Waals surface area contributed by atoms with Crippen LogP contribution >= 0.6 is 0 Å². The van der Waals surface area contributed by atoms with Gasteiger partial charge in [-0.1, -0.05) is 78.9 Å². The molecule has 0 aliphatic carbocycles. The number of nitrogens with one attached hydrogen (secondary N) is 2. The number of carbonyl (C=O) groups excluding carboxylic acids is 1. The highest BCUT2D eigenvalue weighted by Gasteiger charge is 2.15. The third-order valence-corrected chi connectivity index (χ3v) is 5.05. The van der Waals surface area contributed by atoms with Gasteiger partial charge in [0.25, 0.3) is 5.91 Å². The van der Waals surface area contributed by atoms with E-state index in [2.05, 4.69) is 65.2 Å².